The fourth-order valence-corrected chi connectivity index (χ4v) is 4.78. The minimum atomic E-state index is 0.367. The summed E-state index contributed by atoms with van der Waals surface area (Å²) in [6.45, 7) is 0. The van der Waals surface area contributed by atoms with Gasteiger partial charge in [-0.05, 0) is 90.8 Å². The molecule has 1 fully saturated rings. The zero-order valence-corrected chi connectivity index (χ0v) is 20.7. The first-order valence-corrected chi connectivity index (χ1v) is 12.0. The number of benzene rings is 2. The van der Waals surface area contributed by atoms with E-state index in [9.17, 15) is 0 Å². The molecule has 0 bridgehead atoms. The summed E-state index contributed by atoms with van der Waals surface area (Å²) < 4.78 is 1.19. The molecule has 8 heteroatoms. The molecule has 2 aromatic carbocycles. The molecular formula is C23H27IN6S. The highest BCUT2D eigenvalue weighted by Crippen LogP contribution is 2.26. The maximum Gasteiger partial charge on any atom is 0.225 e. The SMILES string of the molecule is CN(C)c1nc(NC2CCC(NC(=S)Nc3cccc(I)c3)CC2)nc2ccccc12. The first kappa shape index (κ1) is 22.0. The molecular weight excluding hydrogens is 519 g/mol. The van der Waals surface area contributed by atoms with Crippen LogP contribution in [0.25, 0.3) is 10.9 Å². The van der Waals surface area contributed by atoms with Crippen molar-refractivity contribution in [1.29, 1.82) is 0 Å². The summed E-state index contributed by atoms with van der Waals surface area (Å²) in [4.78, 5) is 11.5. The second-order valence-electron chi connectivity index (χ2n) is 8.08. The van der Waals surface area contributed by atoms with Gasteiger partial charge in [-0.2, -0.15) is 4.98 Å². The first-order chi connectivity index (χ1) is 15.0. The number of anilines is 3. The molecule has 0 spiro atoms. The lowest BCUT2D eigenvalue weighted by Gasteiger charge is -2.30. The van der Waals surface area contributed by atoms with Crippen LogP contribution in [0.5, 0.6) is 0 Å². The topological polar surface area (TPSA) is 65.1 Å². The van der Waals surface area contributed by atoms with Crippen molar-refractivity contribution in [3.8, 4) is 0 Å². The zero-order chi connectivity index (χ0) is 21.8. The minimum absolute atomic E-state index is 0.367. The summed E-state index contributed by atoms with van der Waals surface area (Å²) in [6.07, 6.45) is 4.22. The van der Waals surface area contributed by atoms with E-state index in [1.54, 1.807) is 0 Å². The van der Waals surface area contributed by atoms with Crippen molar-refractivity contribution >= 4 is 68.3 Å². The van der Waals surface area contributed by atoms with E-state index in [1.165, 1.54) is 3.57 Å². The maximum absolute atomic E-state index is 5.51. The van der Waals surface area contributed by atoms with Gasteiger partial charge in [0.1, 0.15) is 5.82 Å². The van der Waals surface area contributed by atoms with E-state index in [0.717, 1.165) is 48.1 Å². The number of rotatable bonds is 5. The Bertz CT molecular complexity index is 1060. The van der Waals surface area contributed by atoms with Crippen LogP contribution >= 0.6 is 34.8 Å². The molecule has 0 amide bonds. The number of hydrogen-bond acceptors (Lipinski definition) is 5. The van der Waals surface area contributed by atoms with Crippen molar-refractivity contribution in [2.75, 3.05) is 29.6 Å². The Morgan fingerprint density at radius 3 is 2.48 bits per heavy atom. The normalized spacial score (nSPS) is 18.4. The third kappa shape index (κ3) is 5.74. The molecule has 0 unspecified atom stereocenters. The lowest BCUT2D eigenvalue weighted by Crippen LogP contribution is -2.42. The van der Waals surface area contributed by atoms with E-state index in [0.29, 0.717) is 23.1 Å². The molecule has 3 aromatic rings. The number of fused-ring (bicyclic) bond motifs is 1. The monoisotopic (exact) mass is 546 g/mol. The number of nitrogens with zero attached hydrogens (tertiary/aromatic N) is 3. The second-order valence-corrected chi connectivity index (χ2v) is 9.74. The van der Waals surface area contributed by atoms with Crippen LogP contribution in [-0.2, 0) is 0 Å². The number of hydrogen-bond donors (Lipinski definition) is 3. The molecule has 1 aliphatic carbocycles. The number of halogens is 1. The summed E-state index contributed by atoms with van der Waals surface area (Å²) in [5.41, 5.74) is 1.98. The second kappa shape index (κ2) is 9.95. The summed E-state index contributed by atoms with van der Waals surface area (Å²) in [5, 5.41) is 12.1. The van der Waals surface area contributed by atoms with E-state index in [1.807, 2.05) is 49.3 Å². The summed E-state index contributed by atoms with van der Waals surface area (Å²) >= 11 is 7.82. The Kier molecular flexibility index (Phi) is 7.06. The number of thiocarbonyl (C=S) groups is 1. The molecule has 1 saturated carbocycles. The van der Waals surface area contributed by atoms with Crippen molar-refractivity contribution in [1.82, 2.24) is 15.3 Å². The highest BCUT2D eigenvalue weighted by Gasteiger charge is 2.22. The molecule has 0 radical (unpaired) electrons. The fraction of sp³-hybridized carbons (Fsp3) is 0.348. The molecule has 3 N–H and O–H groups in total. The highest BCUT2D eigenvalue weighted by molar-refractivity contribution is 14.1. The van der Waals surface area contributed by atoms with Crippen molar-refractivity contribution in [3.63, 3.8) is 0 Å². The van der Waals surface area contributed by atoms with Gasteiger partial charge < -0.3 is 20.9 Å². The third-order valence-corrected chi connectivity index (χ3v) is 6.38. The van der Waals surface area contributed by atoms with Gasteiger partial charge in [0.25, 0.3) is 0 Å². The number of nitrogens with one attached hydrogen (secondary N) is 3. The molecule has 0 saturated heterocycles. The van der Waals surface area contributed by atoms with Gasteiger partial charge in [-0.15, -0.1) is 0 Å². The van der Waals surface area contributed by atoms with Crippen molar-refractivity contribution < 1.29 is 0 Å². The van der Waals surface area contributed by atoms with Crippen LogP contribution in [0.4, 0.5) is 17.5 Å². The van der Waals surface area contributed by atoms with Crippen LogP contribution < -0.4 is 20.9 Å². The summed E-state index contributed by atoms with van der Waals surface area (Å²) in [6, 6.07) is 17.1. The largest absolute Gasteiger partial charge is 0.362 e. The van der Waals surface area contributed by atoms with Gasteiger partial charge in [-0.1, -0.05) is 18.2 Å². The maximum atomic E-state index is 5.51. The Labute approximate surface area is 202 Å². The van der Waals surface area contributed by atoms with E-state index in [-0.39, 0.29) is 0 Å². The van der Waals surface area contributed by atoms with Gasteiger partial charge in [0.05, 0.1) is 5.52 Å². The zero-order valence-electron chi connectivity index (χ0n) is 17.7. The molecule has 1 aromatic heterocycles. The van der Waals surface area contributed by atoms with Crippen LogP contribution in [0.3, 0.4) is 0 Å². The number of para-hydroxylation sites is 1. The van der Waals surface area contributed by atoms with Gasteiger partial charge in [-0.3, -0.25) is 0 Å². The van der Waals surface area contributed by atoms with Gasteiger partial charge in [0.15, 0.2) is 5.11 Å². The summed E-state index contributed by atoms with van der Waals surface area (Å²) in [7, 11) is 4.03. The molecule has 1 heterocycles. The molecule has 0 atom stereocenters. The standard InChI is InChI=1S/C23H27IN6S/c1-30(2)21-19-8-3-4-9-20(19)28-22(29-21)25-16-10-12-17(13-11-16)26-23(31)27-18-7-5-6-15(24)14-18/h3-9,14,16-17H,10-13H2,1-2H3,(H,25,28,29)(H2,26,27,31). The van der Waals surface area contributed by atoms with Crippen molar-refractivity contribution in [3.05, 3.63) is 52.1 Å². The first-order valence-electron chi connectivity index (χ1n) is 10.5. The van der Waals surface area contributed by atoms with Crippen LogP contribution in [0.1, 0.15) is 25.7 Å². The van der Waals surface area contributed by atoms with Gasteiger partial charge in [0.2, 0.25) is 5.95 Å². The predicted molar refractivity (Wildman–Crippen MR) is 142 cm³/mol. The molecule has 6 nitrogen and oxygen atoms in total. The van der Waals surface area contributed by atoms with Crippen LogP contribution in [0.2, 0.25) is 0 Å². The van der Waals surface area contributed by atoms with Gasteiger partial charge in [0, 0.05) is 40.8 Å². The highest BCUT2D eigenvalue weighted by atomic mass is 127. The Hall–Kier alpha value is -2.20. The van der Waals surface area contributed by atoms with Gasteiger partial charge in [-0.25, -0.2) is 4.98 Å². The van der Waals surface area contributed by atoms with Crippen LogP contribution in [0.15, 0.2) is 48.5 Å². The van der Waals surface area contributed by atoms with E-state index in [2.05, 4.69) is 56.7 Å². The average molecular weight is 546 g/mol. The summed E-state index contributed by atoms with van der Waals surface area (Å²) in [5.74, 6) is 1.64. The van der Waals surface area contributed by atoms with E-state index in [4.69, 9.17) is 22.2 Å². The molecule has 31 heavy (non-hydrogen) atoms. The quantitative estimate of drug-likeness (QED) is 0.307. The van der Waals surface area contributed by atoms with Crippen LogP contribution in [0, 0.1) is 3.57 Å². The molecule has 162 valence electrons. The fourth-order valence-electron chi connectivity index (χ4n) is 3.95. The third-order valence-electron chi connectivity index (χ3n) is 5.48. The predicted octanol–water partition coefficient (Wildman–Crippen LogP) is 5.01. The smallest absolute Gasteiger partial charge is 0.225 e. The minimum Gasteiger partial charge on any atom is -0.362 e. The molecule has 4 rings (SSSR count). The van der Waals surface area contributed by atoms with Crippen molar-refractivity contribution in [2.24, 2.45) is 0 Å². The van der Waals surface area contributed by atoms with E-state index < -0.39 is 0 Å². The Balaban J connectivity index is 1.32. The lowest BCUT2D eigenvalue weighted by molar-refractivity contribution is 0.387. The van der Waals surface area contributed by atoms with Gasteiger partial charge >= 0.3 is 0 Å². The number of aromatic nitrogens is 2. The van der Waals surface area contributed by atoms with Crippen LogP contribution in [-0.4, -0.2) is 41.3 Å². The van der Waals surface area contributed by atoms with E-state index >= 15 is 0 Å². The Morgan fingerprint density at radius 1 is 1.00 bits per heavy atom. The average Bonchev–Trinajstić information content (AvgIpc) is 2.74. The molecule has 0 aliphatic heterocycles. The van der Waals surface area contributed by atoms with Crippen molar-refractivity contribution in [2.45, 2.75) is 37.8 Å². The lowest BCUT2D eigenvalue weighted by atomic mass is 9.91. The Morgan fingerprint density at radius 2 is 1.74 bits per heavy atom. The molecule has 1 aliphatic rings.